The minimum atomic E-state index is -0.824. The molecule has 4 heteroatoms. The van der Waals surface area contributed by atoms with Crippen molar-refractivity contribution in [2.45, 2.75) is 13.3 Å². The molecule has 1 heterocycles. The van der Waals surface area contributed by atoms with Gasteiger partial charge in [-0.3, -0.25) is 9.59 Å². The largest absolute Gasteiger partial charge is 0.481 e. The summed E-state index contributed by atoms with van der Waals surface area (Å²) in [6.45, 7) is 2.67. The fourth-order valence-corrected chi connectivity index (χ4v) is 3.32. The number of nitrogens with zero attached hydrogens (tertiary/aromatic N) is 1. The van der Waals surface area contributed by atoms with Gasteiger partial charge in [-0.25, -0.2) is 0 Å². The minimum Gasteiger partial charge on any atom is -0.481 e. The Hall–Kier alpha value is -2.62. The van der Waals surface area contributed by atoms with Crippen molar-refractivity contribution in [3.8, 4) is 0 Å². The molecule has 1 saturated heterocycles. The van der Waals surface area contributed by atoms with Crippen molar-refractivity contribution < 1.29 is 14.7 Å². The van der Waals surface area contributed by atoms with Gasteiger partial charge in [-0.15, -0.1) is 0 Å². The van der Waals surface area contributed by atoms with Gasteiger partial charge >= 0.3 is 5.97 Å². The summed E-state index contributed by atoms with van der Waals surface area (Å²) in [5.41, 5.74) is 2.79. The average molecular weight is 323 g/mol. The molecule has 1 fully saturated rings. The number of benzene rings is 2. The average Bonchev–Trinajstić information content (AvgIpc) is 2.98. The van der Waals surface area contributed by atoms with E-state index in [0.717, 1.165) is 11.1 Å². The Kier molecular flexibility index (Phi) is 4.65. The Balaban J connectivity index is 1.82. The molecular formula is C20H21NO3. The lowest BCUT2D eigenvalue weighted by atomic mass is 9.99. The topological polar surface area (TPSA) is 57.6 Å². The minimum absolute atomic E-state index is 0.0206. The highest BCUT2D eigenvalue weighted by Crippen LogP contribution is 2.26. The smallest absolute Gasteiger partial charge is 0.308 e. The summed E-state index contributed by atoms with van der Waals surface area (Å²) >= 11 is 0. The van der Waals surface area contributed by atoms with Crippen molar-refractivity contribution in [3.05, 3.63) is 71.3 Å². The molecule has 0 bridgehead atoms. The zero-order valence-corrected chi connectivity index (χ0v) is 13.7. The van der Waals surface area contributed by atoms with Crippen LogP contribution in [0.15, 0.2) is 54.6 Å². The summed E-state index contributed by atoms with van der Waals surface area (Å²) in [5, 5.41) is 9.27. The summed E-state index contributed by atoms with van der Waals surface area (Å²) in [7, 11) is 0. The fourth-order valence-electron chi connectivity index (χ4n) is 3.32. The zero-order chi connectivity index (χ0) is 17.1. The maximum Gasteiger partial charge on any atom is 0.308 e. The first kappa shape index (κ1) is 16.2. The molecule has 3 rings (SSSR count). The van der Waals surface area contributed by atoms with E-state index in [1.165, 1.54) is 0 Å². The van der Waals surface area contributed by atoms with Crippen LogP contribution in [0.2, 0.25) is 0 Å². The van der Waals surface area contributed by atoms with Crippen LogP contribution in [0.1, 0.15) is 28.4 Å². The van der Waals surface area contributed by atoms with Crippen molar-refractivity contribution in [1.82, 2.24) is 4.90 Å². The zero-order valence-electron chi connectivity index (χ0n) is 13.7. The van der Waals surface area contributed by atoms with E-state index in [1.54, 1.807) is 4.90 Å². The molecule has 0 radical (unpaired) electrons. The van der Waals surface area contributed by atoms with Gasteiger partial charge in [0.15, 0.2) is 0 Å². The Labute approximate surface area is 141 Å². The summed E-state index contributed by atoms with van der Waals surface area (Å²) in [5.74, 6) is -1.39. The Morgan fingerprint density at radius 1 is 1.04 bits per heavy atom. The molecule has 1 N–H and O–H groups in total. The number of carboxylic acid groups (broad SMARTS) is 1. The van der Waals surface area contributed by atoms with Gasteiger partial charge < -0.3 is 10.0 Å². The van der Waals surface area contributed by atoms with Crippen LogP contribution in [0.25, 0.3) is 0 Å². The molecule has 1 amide bonds. The van der Waals surface area contributed by atoms with Gasteiger partial charge in [0, 0.05) is 18.7 Å². The van der Waals surface area contributed by atoms with Gasteiger partial charge in [0.25, 0.3) is 5.91 Å². The molecule has 0 saturated carbocycles. The van der Waals surface area contributed by atoms with Gasteiger partial charge in [-0.2, -0.15) is 0 Å². The van der Waals surface area contributed by atoms with E-state index in [1.807, 2.05) is 61.5 Å². The molecule has 2 aromatic rings. The van der Waals surface area contributed by atoms with E-state index < -0.39 is 11.9 Å². The van der Waals surface area contributed by atoms with Gasteiger partial charge in [0.05, 0.1) is 5.92 Å². The van der Waals surface area contributed by atoms with E-state index in [0.29, 0.717) is 18.5 Å². The van der Waals surface area contributed by atoms with Crippen LogP contribution in [0.4, 0.5) is 0 Å². The second-order valence-corrected chi connectivity index (χ2v) is 6.45. The van der Waals surface area contributed by atoms with E-state index in [9.17, 15) is 14.7 Å². The van der Waals surface area contributed by atoms with Gasteiger partial charge in [-0.05, 0) is 29.5 Å². The lowest BCUT2D eigenvalue weighted by Crippen LogP contribution is -2.30. The molecule has 0 aliphatic carbocycles. The Bertz CT molecular complexity index is 742. The molecular weight excluding hydrogens is 302 g/mol. The number of hydrogen-bond acceptors (Lipinski definition) is 2. The molecule has 2 aromatic carbocycles. The van der Waals surface area contributed by atoms with Crippen molar-refractivity contribution in [2.24, 2.45) is 11.8 Å². The lowest BCUT2D eigenvalue weighted by Gasteiger charge is -2.18. The van der Waals surface area contributed by atoms with Gasteiger partial charge in [0.2, 0.25) is 0 Å². The third-order valence-electron chi connectivity index (χ3n) is 4.70. The molecule has 4 nitrogen and oxygen atoms in total. The molecule has 1 aliphatic rings. The first-order chi connectivity index (χ1) is 11.6. The Morgan fingerprint density at radius 3 is 2.38 bits per heavy atom. The molecule has 24 heavy (non-hydrogen) atoms. The molecule has 2 atom stereocenters. The quantitative estimate of drug-likeness (QED) is 0.941. The van der Waals surface area contributed by atoms with Gasteiger partial charge in [-0.1, -0.05) is 55.5 Å². The number of rotatable bonds is 4. The summed E-state index contributed by atoms with van der Waals surface area (Å²) in [6.07, 6.45) is 0.689. The summed E-state index contributed by atoms with van der Waals surface area (Å²) in [6, 6.07) is 17.6. The first-order valence-corrected chi connectivity index (χ1v) is 8.20. The van der Waals surface area contributed by atoms with Crippen LogP contribution >= 0.6 is 0 Å². The maximum atomic E-state index is 12.9. The van der Waals surface area contributed by atoms with E-state index in [4.69, 9.17) is 0 Å². The van der Waals surface area contributed by atoms with Crippen LogP contribution < -0.4 is 0 Å². The normalized spacial score (nSPS) is 20.1. The van der Waals surface area contributed by atoms with Crippen LogP contribution in [0.3, 0.4) is 0 Å². The van der Waals surface area contributed by atoms with Crippen LogP contribution in [0, 0.1) is 11.8 Å². The Morgan fingerprint density at radius 2 is 1.71 bits per heavy atom. The van der Waals surface area contributed by atoms with Crippen molar-refractivity contribution in [3.63, 3.8) is 0 Å². The molecule has 124 valence electrons. The maximum absolute atomic E-state index is 12.9. The highest BCUT2D eigenvalue weighted by molar-refractivity contribution is 5.96. The number of carboxylic acids is 1. The highest BCUT2D eigenvalue weighted by atomic mass is 16.4. The summed E-state index contributed by atoms with van der Waals surface area (Å²) < 4.78 is 0. The lowest BCUT2D eigenvalue weighted by molar-refractivity contribution is -0.142. The van der Waals surface area contributed by atoms with Crippen LogP contribution in [-0.4, -0.2) is 35.0 Å². The second-order valence-electron chi connectivity index (χ2n) is 6.45. The van der Waals surface area contributed by atoms with E-state index in [2.05, 4.69) is 0 Å². The highest BCUT2D eigenvalue weighted by Gasteiger charge is 2.37. The number of amides is 1. The molecule has 0 spiro atoms. The van der Waals surface area contributed by atoms with Crippen molar-refractivity contribution >= 4 is 11.9 Å². The van der Waals surface area contributed by atoms with Crippen LogP contribution in [0.5, 0.6) is 0 Å². The second kappa shape index (κ2) is 6.87. The van der Waals surface area contributed by atoms with Crippen molar-refractivity contribution in [2.75, 3.05) is 13.1 Å². The van der Waals surface area contributed by atoms with Gasteiger partial charge in [0.1, 0.15) is 0 Å². The number of carbonyl (C=O) groups is 2. The number of aliphatic carboxylic acids is 1. The predicted molar refractivity (Wildman–Crippen MR) is 91.9 cm³/mol. The SMILES string of the molecule is C[C@@H]1CN(C(=O)c2ccccc2Cc2ccccc2)C[C@H]1C(=O)O. The predicted octanol–water partition coefficient (Wildman–Crippen LogP) is 3.07. The van der Waals surface area contributed by atoms with E-state index in [-0.39, 0.29) is 18.4 Å². The molecule has 0 unspecified atom stereocenters. The third kappa shape index (κ3) is 3.32. The summed E-state index contributed by atoms with van der Waals surface area (Å²) in [4.78, 5) is 25.9. The fraction of sp³-hybridized carbons (Fsp3) is 0.300. The number of likely N-dealkylation sites (tertiary alicyclic amines) is 1. The van der Waals surface area contributed by atoms with Crippen LogP contribution in [-0.2, 0) is 11.2 Å². The molecule has 1 aliphatic heterocycles. The number of carbonyl (C=O) groups excluding carboxylic acids is 1. The first-order valence-electron chi connectivity index (χ1n) is 8.20. The number of hydrogen-bond donors (Lipinski definition) is 1. The monoisotopic (exact) mass is 323 g/mol. The molecule has 0 aromatic heterocycles. The third-order valence-corrected chi connectivity index (χ3v) is 4.70. The standard InChI is InChI=1S/C20H21NO3/c1-14-12-21(13-18(14)20(23)24)19(22)17-10-6-5-9-16(17)11-15-7-3-2-4-8-15/h2-10,14,18H,11-13H2,1H3,(H,23,24)/t14-,18-/m1/s1. The van der Waals surface area contributed by atoms with Crippen molar-refractivity contribution in [1.29, 1.82) is 0 Å². The van der Waals surface area contributed by atoms with E-state index >= 15 is 0 Å².